The fraction of sp³-hybridized carbons (Fsp3) is 0.951. The highest BCUT2D eigenvalue weighted by Crippen LogP contribution is 2.45. The van der Waals surface area contributed by atoms with Gasteiger partial charge < -0.3 is 33.8 Å². The molecule has 0 aliphatic carbocycles. The maximum absolute atomic E-state index is 13.1. The van der Waals surface area contributed by atoms with Crippen molar-refractivity contribution in [3.05, 3.63) is 0 Å². The quantitative estimate of drug-likeness (QED) is 0.0222. The Bertz CT molecular complexity index is 1940. The predicted octanol–water partition coefficient (Wildman–Crippen LogP) is 24.7. The lowest BCUT2D eigenvalue weighted by Gasteiger charge is -2.21. The zero-order chi connectivity index (χ0) is 74.2. The molecule has 0 aliphatic heterocycles. The smallest absolute Gasteiger partial charge is 0.462 e. The van der Waals surface area contributed by atoms with Crippen molar-refractivity contribution >= 4 is 39.5 Å². The first-order chi connectivity index (χ1) is 48.9. The molecule has 0 amide bonds. The van der Waals surface area contributed by atoms with E-state index in [9.17, 15) is 43.2 Å². The molecule has 19 heteroatoms. The Labute approximate surface area is 619 Å². The Morgan fingerprint density at radius 3 is 0.752 bits per heavy atom. The predicted molar refractivity (Wildman–Crippen MR) is 414 cm³/mol. The summed E-state index contributed by atoms with van der Waals surface area (Å²) in [7, 11) is -9.92. The summed E-state index contributed by atoms with van der Waals surface area (Å²) in [4.78, 5) is 73.1. The van der Waals surface area contributed by atoms with Crippen LogP contribution >= 0.6 is 15.6 Å². The normalized spacial score (nSPS) is 14.2. The number of hydrogen-bond acceptors (Lipinski definition) is 15. The van der Waals surface area contributed by atoms with Crippen LogP contribution in [-0.2, 0) is 65.4 Å². The first kappa shape index (κ1) is 99.1. The van der Waals surface area contributed by atoms with Crippen molar-refractivity contribution in [2.75, 3.05) is 39.6 Å². The van der Waals surface area contributed by atoms with E-state index < -0.39 is 97.5 Å². The third kappa shape index (κ3) is 74.7. The van der Waals surface area contributed by atoms with Gasteiger partial charge in [-0.2, -0.15) is 0 Å². The Balaban J connectivity index is 5.26. The third-order valence-electron chi connectivity index (χ3n) is 19.6. The lowest BCUT2D eigenvalue weighted by Crippen LogP contribution is -2.30. The van der Waals surface area contributed by atoms with Gasteiger partial charge in [-0.25, -0.2) is 9.13 Å². The van der Waals surface area contributed by atoms with Crippen LogP contribution in [0.4, 0.5) is 0 Å². The first-order valence-electron chi connectivity index (χ1n) is 42.5. The lowest BCUT2D eigenvalue weighted by atomic mass is 9.99. The summed E-state index contributed by atoms with van der Waals surface area (Å²) in [5.41, 5.74) is 0. The van der Waals surface area contributed by atoms with Gasteiger partial charge in [0.05, 0.1) is 26.4 Å². The van der Waals surface area contributed by atoms with Crippen molar-refractivity contribution in [1.82, 2.24) is 0 Å². The van der Waals surface area contributed by atoms with E-state index in [1.807, 2.05) is 0 Å². The minimum Gasteiger partial charge on any atom is -0.462 e. The topological polar surface area (TPSA) is 237 Å². The van der Waals surface area contributed by atoms with Crippen molar-refractivity contribution < 1.29 is 80.2 Å². The SMILES string of the molecule is CCCCCCCCCCCCCCCCCCCCCC(=O)O[C@H](COC(=O)CCCCCCCCCCCCCCCC(C)C)COP(=O)(O)OC[C@@H](O)COP(=O)(O)OC[C@@H](COC(=O)CCCCCCCCCCC(C)CC)OC(=O)CCCCCCCCCCCCCCCC. The van der Waals surface area contributed by atoms with Gasteiger partial charge in [0.15, 0.2) is 12.2 Å². The van der Waals surface area contributed by atoms with Gasteiger partial charge in [0.1, 0.15) is 19.3 Å². The molecule has 0 spiro atoms. The maximum atomic E-state index is 13.1. The minimum atomic E-state index is -4.96. The van der Waals surface area contributed by atoms with Gasteiger partial charge in [-0.15, -0.1) is 0 Å². The standard InChI is InChI=1S/C82H160O17P2/c1-7-10-12-14-16-18-20-22-24-25-26-27-28-32-37-41-49-55-61-67-82(87)98-77(70-92-79(84)64-58-52-46-39-35-33-29-30-34-38-44-50-56-62-74(4)5)72-96-100(88,89)94-68-76(83)69-95-101(90,91)97-73-78(71-93-80(85)65-59-53-47-43-42-45-51-57-63-75(6)9-3)99-81(86)66-60-54-48-40-36-31-23-21-19-17-15-13-11-8-2/h74-78,83H,7-73H2,1-6H3,(H,88,89)(H,90,91)/t75?,76-,77-,78-/m1/s1. The second kappa shape index (κ2) is 73.6. The lowest BCUT2D eigenvalue weighted by molar-refractivity contribution is -0.161. The molecule has 0 heterocycles. The van der Waals surface area contributed by atoms with Gasteiger partial charge in [-0.1, -0.05) is 382 Å². The summed E-state index contributed by atoms with van der Waals surface area (Å²) in [6, 6.07) is 0. The number of unbranched alkanes of at least 4 members (excludes halogenated alkanes) is 50. The number of hydrogen-bond donors (Lipinski definition) is 3. The van der Waals surface area contributed by atoms with E-state index in [2.05, 4.69) is 41.5 Å². The van der Waals surface area contributed by atoms with Gasteiger partial charge >= 0.3 is 39.5 Å². The number of carbonyl (C=O) groups excluding carboxylic acids is 4. The largest absolute Gasteiger partial charge is 0.472 e. The zero-order valence-corrected chi connectivity index (χ0v) is 68.0. The number of rotatable bonds is 81. The molecule has 0 radical (unpaired) electrons. The Morgan fingerprint density at radius 2 is 0.505 bits per heavy atom. The van der Waals surface area contributed by atoms with Crippen molar-refractivity contribution in [3.8, 4) is 0 Å². The van der Waals surface area contributed by atoms with E-state index in [0.717, 1.165) is 102 Å². The molecule has 3 unspecified atom stereocenters. The van der Waals surface area contributed by atoms with Crippen LogP contribution in [0.25, 0.3) is 0 Å². The number of aliphatic hydroxyl groups is 1. The summed E-state index contributed by atoms with van der Waals surface area (Å²) in [5, 5.41) is 10.7. The van der Waals surface area contributed by atoms with Gasteiger partial charge in [0.25, 0.3) is 0 Å². The summed E-state index contributed by atoms with van der Waals surface area (Å²) >= 11 is 0. The van der Waals surface area contributed by atoms with Crippen LogP contribution in [0.5, 0.6) is 0 Å². The monoisotopic (exact) mass is 1480 g/mol. The van der Waals surface area contributed by atoms with Gasteiger partial charge in [0.2, 0.25) is 0 Å². The number of aliphatic hydroxyl groups excluding tert-OH is 1. The molecule has 0 saturated heterocycles. The minimum absolute atomic E-state index is 0.108. The molecule has 0 aliphatic rings. The van der Waals surface area contributed by atoms with Crippen molar-refractivity contribution in [1.29, 1.82) is 0 Å². The van der Waals surface area contributed by atoms with Crippen LogP contribution in [0.15, 0.2) is 0 Å². The van der Waals surface area contributed by atoms with Crippen LogP contribution in [0.3, 0.4) is 0 Å². The summed E-state index contributed by atoms with van der Waals surface area (Å²) < 4.78 is 68.8. The molecule has 0 bridgehead atoms. The van der Waals surface area contributed by atoms with Gasteiger partial charge in [-0.3, -0.25) is 37.3 Å². The average Bonchev–Trinajstić information content (AvgIpc) is 1.000. The summed E-state index contributed by atoms with van der Waals surface area (Å²) in [6.45, 7) is 9.67. The van der Waals surface area contributed by atoms with Crippen molar-refractivity contribution in [3.63, 3.8) is 0 Å². The Hall–Kier alpha value is -1.94. The van der Waals surface area contributed by atoms with E-state index in [1.165, 1.54) is 250 Å². The van der Waals surface area contributed by atoms with Gasteiger partial charge in [0, 0.05) is 25.7 Å². The molecule has 17 nitrogen and oxygen atoms in total. The van der Waals surface area contributed by atoms with Crippen molar-refractivity contribution in [2.24, 2.45) is 11.8 Å². The molecule has 101 heavy (non-hydrogen) atoms. The van der Waals surface area contributed by atoms with E-state index in [4.69, 9.17) is 37.0 Å². The molecule has 0 aromatic heterocycles. The number of ether oxygens (including phenoxy) is 4. The maximum Gasteiger partial charge on any atom is 0.472 e. The number of phosphoric ester groups is 2. The second-order valence-electron chi connectivity index (χ2n) is 30.2. The molecule has 3 N–H and O–H groups in total. The number of esters is 4. The highest BCUT2D eigenvalue weighted by molar-refractivity contribution is 7.47. The van der Waals surface area contributed by atoms with Crippen LogP contribution < -0.4 is 0 Å². The third-order valence-corrected chi connectivity index (χ3v) is 21.5. The fourth-order valence-electron chi connectivity index (χ4n) is 12.7. The van der Waals surface area contributed by atoms with Crippen LogP contribution in [0.2, 0.25) is 0 Å². The van der Waals surface area contributed by atoms with Crippen LogP contribution in [0.1, 0.15) is 433 Å². The summed E-state index contributed by atoms with van der Waals surface area (Å²) in [6.07, 6.45) is 63.7. The molecule has 6 atom stereocenters. The van der Waals surface area contributed by atoms with Gasteiger partial charge in [-0.05, 0) is 37.5 Å². The average molecular weight is 1480 g/mol. The van der Waals surface area contributed by atoms with Crippen LogP contribution in [-0.4, -0.2) is 96.7 Å². The van der Waals surface area contributed by atoms with E-state index in [-0.39, 0.29) is 25.7 Å². The Morgan fingerprint density at radius 1 is 0.287 bits per heavy atom. The Kier molecular flexibility index (Phi) is 72.2. The molecule has 0 aromatic carbocycles. The zero-order valence-electron chi connectivity index (χ0n) is 66.2. The summed E-state index contributed by atoms with van der Waals surface area (Å²) in [5.74, 6) is -0.537. The molecule has 600 valence electrons. The highest BCUT2D eigenvalue weighted by atomic mass is 31.2. The van der Waals surface area contributed by atoms with Crippen molar-refractivity contribution in [2.45, 2.75) is 452 Å². The van der Waals surface area contributed by atoms with E-state index in [0.29, 0.717) is 25.7 Å². The van der Waals surface area contributed by atoms with Crippen LogP contribution in [0, 0.1) is 11.8 Å². The molecule has 0 saturated carbocycles. The van der Waals surface area contributed by atoms with E-state index >= 15 is 0 Å². The fourth-order valence-corrected chi connectivity index (χ4v) is 14.3. The number of phosphoric acid groups is 2. The highest BCUT2D eigenvalue weighted by Gasteiger charge is 2.30. The second-order valence-corrected chi connectivity index (χ2v) is 33.1. The first-order valence-corrected chi connectivity index (χ1v) is 45.5. The molecule has 0 fully saturated rings. The number of carbonyl (C=O) groups is 4. The molecule has 0 aromatic rings. The van der Waals surface area contributed by atoms with E-state index in [1.54, 1.807) is 0 Å². The molecular formula is C82H160O17P2. The molecular weight excluding hydrogens is 1320 g/mol. The molecule has 0 rings (SSSR count).